The maximum Gasteiger partial charge on any atom is 0.110 e. The highest BCUT2D eigenvalue weighted by molar-refractivity contribution is 5.16. The summed E-state index contributed by atoms with van der Waals surface area (Å²) in [6, 6.07) is 0. The molecular formula is C13H18N4. The predicted octanol–water partition coefficient (Wildman–Crippen LogP) is 1.74. The Kier molecular flexibility index (Phi) is 2.71. The van der Waals surface area contributed by atoms with Crippen LogP contribution < -0.4 is 0 Å². The zero-order valence-electron chi connectivity index (χ0n) is 10.3. The van der Waals surface area contributed by atoms with Gasteiger partial charge in [0.05, 0.1) is 12.0 Å². The van der Waals surface area contributed by atoms with Crippen molar-refractivity contribution in [3.05, 3.63) is 35.9 Å². The predicted molar refractivity (Wildman–Crippen MR) is 65.8 cm³/mol. The molecule has 90 valence electrons. The lowest BCUT2D eigenvalue weighted by molar-refractivity contribution is 0.588. The lowest BCUT2D eigenvalue weighted by Gasteiger charge is -2.13. The Morgan fingerprint density at radius 3 is 2.94 bits per heavy atom. The maximum atomic E-state index is 4.51. The number of fused-ring (bicyclic) bond motifs is 1. The minimum atomic E-state index is 0.978. The van der Waals surface area contributed by atoms with E-state index in [0.717, 1.165) is 25.2 Å². The van der Waals surface area contributed by atoms with E-state index in [1.165, 1.54) is 30.7 Å². The fourth-order valence-electron chi connectivity index (χ4n) is 2.58. The van der Waals surface area contributed by atoms with Crippen molar-refractivity contribution in [2.24, 2.45) is 7.05 Å². The topological polar surface area (TPSA) is 35.6 Å². The van der Waals surface area contributed by atoms with Gasteiger partial charge in [-0.3, -0.25) is 0 Å². The van der Waals surface area contributed by atoms with E-state index in [0.29, 0.717) is 0 Å². The molecule has 0 saturated heterocycles. The molecule has 0 atom stereocenters. The Hall–Kier alpha value is -1.58. The molecule has 17 heavy (non-hydrogen) atoms. The van der Waals surface area contributed by atoms with Crippen LogP contribution in [0, 0.1) is 0 Å². The van der Waals surface area contributed by atoms with Gasteiger partial charge in [-0.05, 0) is 25.7 Å². The first kappa shape index (κ1) is 10.6. The van der Waals surface area contributed by atoms with Gasteiger partial charge in [-0.25, -0.2) is 9.97 Å². The van der Waals surface area contributed by atoms with E-state index in [2.05, 4.69) is 19.1 Å². The number of rotatable bonds is 3. The lowest BCUT2D eigenvalue weighted by atomic mass is 10.0. The Bertz CT molecular complexity index is 509. The van der Waals surface area contributed by atoms with Crippen LogP contribution in [0.1, 0.15) is 30.1 Å². The molecular weight excluding hydrogens is 212 g/mol. The Balaban J connectivity index is 1.73. The smallest absolute Gasteiger partial charge is 0.110 e. The molecule has 0 radical (unpaired) electrons. The highest BCUT2D eigenvalue weighted by Gasteiger charge is 2.15. The largest absolute Gasteiger partial charge is 0.338 e. The van der Waals surface area contributed by atoms with Gasteiger partial charge in [0.1, 0.15) is 5.82 Å². The van der Waals surface area contributed by atoms with Gasteiger partial charge in [0.25, 0.3) is 0 Å². The van der Waals surface area contributed by atoms with Crippen molar-refractivity contribution < 1.29 is 0 Å². The molecule has 4 nitrogen and oxygen atoms in total. The number of imidazole rings is 2. The van der Waals surface area contributed by atoms with Crippen molar-refractivity contribution in [3.63, 3.8) is 0 Å². The summed E-state index contributed by atoms with van der Waals surface area (Å²) in [5, 5.41) is 0. The Labute approximate surface area is 101 Å². The molecule has 0 saturated carbocycles. The van der Waals surface area contributed by atoms with Crippen LogP contribution in [0.5, 0.6) is 0 Å². The van der Waals surface area contributed by atoms with Gasteiger partial charge in [0.2, 0.25) is 0 Å². The highest BCUT2D eigenvalue weighted by atomic mass is 15.1. The number of aromatic nitrogens is 4. The summed E-state index contributed by atoms with van der Waals surface area (Å²) in [6.07, 6.45) is 11.8. The van der Waals surface area contributed by atoms with Crippen LogP contribution in [0.15, 0.2) is 18.7 Å². The third-order valence-electron chi connectivity index (χ3n) is 3.61. The summed E-state index contributed by atoms with van der Waals surface area (Å²) in [5.41, 5.74) is 2.77. The van der Waals surface area contributed by atoms with Gasteiger partial charge in [-0.1, -0.05) is 0 Å². The number of aryl methyl sites for hydroxylation is 4. The van der Waals surface area contributed by atoms with Gasteiger partial charge in [-0.15, -0.1) is 0 Å². The molecule has 3 rings (SSSR count). The summed E-state index contributed by atoms with van der Waals surface area (Å²) in [5.74, 6) is 1.14. The van der Waals surface area contributed by atoms with E-state index in [-0.39, 0.29) is 0 Å². The SMILES string of the molecule is Cn1ccnc1CCn1cnc2c1CCCC2. The summed E-state index contributed by atoms with van der Waals surface area (Å²) >= 11 is 0. The van der Waals surface area contributed by atoms with Crippen LogP contribution in [0.2, 0.25) is 0 Å². The monoisotopic (exact) mass is 230 g/mol. The summed E-state index contributed by atoms with van der Waals surface area (Å²) < 4.78 is 4.40. The first-order chi connectivity index (χ1) is 8.34. The van der Waals surface area contributed by atoms with Crippen molar-refractivity contribution in [2.75, 3.05) is 0 Å². The zero-order valence-corrected chi connectivity index (χ0v) is 10.3. The average Bonchev–Trinajstić information content (AvgIpc) is 2.93. The molecule has 0 fully saturated rings. The molecule has 0 spiro atoms. The van der Waals surface area contributed by atoms with Gasteiger partial charge in [0.15, 0.2) is 0 Å². The molecule has 0 N–H and O–H groups in total. The molecule has 0 unspecified atom stereocenters. The first-order valence-corrected chi connectivity index (χ1v) is 6.33. The molecule has 0 bridgehead atoms. The van der Waals surface area contributed by atoms with Crippen LogP contribution in [-0.4, -0.2) is 19.1 Å². The van der Waals surface area contributed by atoms with Gasteiger partial charge in [0, 0.05) is 38.1 Å². The molecule has 2 aromatic heterocycles. The van der Waals surface area contributed by atoms with Gasteiger partial charge >= 0.3 is 0 Å². The van der Waals surface area contributed by atoms with Crippen LogP contribution in [-0.2, 0) is 32.9 Å². The second kappa shape index (κ2) is 4.35. The van der Waals surface area contributed by atoms with Crippen LogP contribution >= 0.6 is 0 Å². The fourth-order valence-corrected chi connectivity index (χ4v) is 2.58. The maximum absolute atomic E-state index is 4.51. The standard InChI is InChI=1S/C13H18N4/c1-16-9-7-14-13(16)6-8-17-10-15-11-4-2-3-5-12(11)17/h7,9-10H,2-6,8H2,1H3. The number of nitrogens with zero attached hydrogens (tertiary/aromatic N) is 4. The van der Waals surface area contributed by atoms with E-state index in [1.807, 2.05) is 25.8 Å². The van der Waals surface area contributed by atoms with Crippen molar-refractivity contribution in [1.29, 1.82) is 0 Å². The van der Waals surface area contributed by atoms with E-state index >= 15 is 0 Å². The second-order valence-electron chi connectivity index (χ2n) is 4.74. The Morgan fingerprint density at radius 2 is 2.12 bits per heavy atom. The van der Waals surface area contributed by atoms with E-state index < -0.39 is 0 Å². The molecule has 2 heterocycles. The second-order valence-corrected chi connectivity index (χ2v) is 4.74. The van der Waals surface area contributed by atoms with Gasteiger partial charge in [-0.2, -0.15) is 0 Å². The van der Waals surface area contributed by atoms with Gasteiger partial charge < -0.3 is 9.13 Å². The average molecular weight is 230 g/mol. The van der Waals surface area contributed by atoms with E-state index in [4.69, 9.17) is 0 Å². The molecule has 4 heteroatoms. The minimum absolute atomic E-state index is 0.978. The summed E-state index contributed by atoms with van der Waals surface area (Å²) in [6.45, 7) is 0.993. The van der Waals surface area contributed by atoms with Crippen molar-refractivity contribution in [3.8, 4) is 0 Å². The third kappa shape index (κ3) is 1.99. The molecule has 2 aromatic rings. The van der Waals surface area contributed by atoms with Crippen molar-refractivity contribution in [2.45, 2.75) is 38.6 Å². The number of hydrogen-bond acceptors (Lipinski definition) is 2. The Morgan fingerprint density at radius 1 is 1.24 bits per heavy atom. The quantitative estimate of drug-likeness (QED) is 0.805. The third-order valence-corrected chi connectivity index (χ3v) is 3.61. The van der Waals surface area contributed by atoms with Crippen molar-refractivity contribution in [1.82, 2.24) is 19.1 Å². The minimum Gasteiger partial charge on any atom is -0.338 e. The molecule has 1 aliphatic rings. The zero-order chi connectivity index (χ0) is 11.7. The lowest BCUT2D eigenvalue weighted by Crippen LogP contribution is -2.11. The normalized spacial score (nSPS) is 14.9. The van der Waals surface area contributed by atoms with Crippen LogP contribution in [0.25, 0.3) is 0 Å². The fraction of sp³-hybridized carbons (Fsp3) is 0.538. The summed E-state index contributed by atoms with van der Waals surface area (Å²) in [7, 11) is 2.05. The molecule has 0 aromatic carbocycles. The van der Waals surface area contributed by atoms with Crippen molar-refractivity contribution >= 4 is 0 Å². The first-order valence-electron chi connectivity index (χ1n) is 6.33. The molecule has 0 aliphatic heterocycles. The molecule has 0 amide bonds. The summed E-state index contributed by atoms with van der Waals surface area (Å²) in [4.78, 5) is 8.87. The van der Waals surface area contributed by atoms with E-state index in [9.17, 15) is 0 Å². The number of hydrogen-bond donors (Lipinski definition) is 0. The highest BCUT2D eigenvalue weighted by Crippen LogP contribution is 2.19. The van der Waals surface area contributed by atoms with Crippen LogP contribution in [0.4, 0.5) is 0 Å². The van der Waals surface area contributed by atoms with E-state index in [1.54, 1.807) is 0 Å². The molecule has 1 aliphatic carbocycles. The van der Waals surface area contributed by atoms with Crippen LogP contribution in [0.3, 0.4) is 0 Å².